The third-order valence-corrected chi connectivity index (χ3v) is 2.93. The van der Waals surface area contributed by atoms with Crippen LogP contribution in [-0.4, -0.2) is 29.7 Å². The van der Waals surface area contributed by atoms with Crippen molar-refractivity contribution in [2.75, 3.05) is 30.4 Å². The van der Waals surface area contributed by atoms with Crippen molar-refractivity contribution < 1.29 is 4.74 Å². The molecule has 0 amide bonds. The number of aryl methyl sites for hydroxylation is 1. The smallest absolute Gasteiger partial charge is 0.182 e. The van der Waals surface area contributed by atoms with Crippen LogP contribution in [0, 0.1) is 24.3 Å². The molecule has 0 aliphatic carbocycles. The zero-order chi connectivity index (χ0) is 12.8. The van der Waals surface area contributed by atoms with E-state index in [1.54, 1.807) is 6.07 Å². The van der Waals surface area contributed by atoms with Crippen LogP contribution in [0.4, 0.5) is 11.6 Å². The van der Waals surface area contributed by atoms with Gasteiger partial charge in [-0.25, -0.2) is 9.97 Å². The third-order valence-electron chi connectivity index (χ3n) is 2.93. The van der Waals surface area contributed by atoms with Crippen LogP contribution in [0.25, 0.3) is 0 Å². The first-order chi connectivity index (χ1) is 8.78. The topological polar surface area (TPSA) is 82.9 Å². The molecule has 6 heteroatoms. The van der Waals surface area contributed by atoms with E-state index in [9.17, 15) is 0 Å². The van der Waals surface area contributed by atoms with Gasteiger partial charge < -0.3 is 10.1 Å². The van der Waals surface area contributed by atoms with Crippen LogP contribution in [0.15, 0.2) is 6.07 Å². The summed E-state index contributed by atoms with van der Waals surface area (Å²) < 4.78 is 5.32. The van der Waals surface area contributed by atoms with E-state index < -0.39 is 0 Å². The second-order valence-corrected chi connectivity index (χ2v) is 4.36. The quantitative estimate of drug-likeness (QED) is 0.620. The molecule has 1 aliphatic heterocycles. The van der Waals surface area contributed by atoms with Gasteiger partial charge in [0.1, 0.15) is 17.5 Å². The lowest BCUT2D eigenvalue weighted by Gasteiger charge is -2.22. The highest BCUT2D eigenvalue weighted by Gasteiger charge is 2.13. The summed E-state index contributed by atoms with van der Waals surface area (Å²) in [6.45, 7) is 4.38. The maximum Gasteiger partial charge on any atom is 0.182 e. The van der Waals surface area contributed by atoms with Gasteiger partial charge in [0.25, 0.3) is 0 Å². The molecule has 96 valence electrons. The van der Waals surface area contributed by atoms with Gasteiger partial charge in [0, 0.05) is 25.8 Å². The van der Waals surface area contributed by atoms with Gasteiger partial charge in [-0.3, -0.25) is 5.32 Å². The SMILES string of the molecule is Cc1nc(NC#N)cc(NCC2CCOCC2)n1. The van der Waals surface area contributed by atoms with E-state index in [4.69, 9.17) is 10.00 Å². The maximum absolute atomic E-state index is 8.58. The maximum atomic E-state index is 8.58. The minimum atomic E-state index is 0.527. The number of anilines is 2. The molecule has 0 aromatic carbocycles. The van der Waals surface area contributed by atoms with Crippen molar-refractivity contribution in [2.24, 2.45) is 5.92 Å². The molecule has 2 rings (SSSR count). The molecule has 1 aromatic heterocycles. The standard InChI is InChI=1S/C12H17N5O/c1-9-16-11(6-12(17-9)15-8-13)14-7-10-2-4-18-5-3-10/h6,10H,2-5,7H2,1H3,(H2,14,15,16,17). The number of nitrogens with zero attached hydrogens (tertiary/aromatic N) is 3. The second kappa shape index (κ2) is 6.17. The van der Waals surface area contributed by atoms with Gasteiger partial charge in [0.2, 0.25) is 0 Å². The van der Waals surface area contributed by atoms with E-state index in [1.165, 1.54) is 0 Å². The predicted octanol–water partition coefficient (Wildman–Crippen LogP) is 1.52. The summed E-state index contributed by atoms with van der Waals surface area (Å²) in [6.07, 6.45) is 4.03. The molecule has 1 aromatic rings. The molecule has 0 atom stereocenters. The summed E-state index contributed by atoms with van der Waals surface area (Å²) in [5.74, 6) is 2.55. The molecule has 1 saturated heterocycles. The largest absolute Gasteiger partial charge is 0.381 e. The van der Waals surface area contributed by atoms with E-state index in [2.05, 4.69) is 20.6 Å². The summed E-state index contributed by atoms with van der Waals surface area (Å²) in [6, 6.07) is 1.75. The Morgan fingerprint density at radius 1 is 1.39 bits per heavy atom. The molecular formula is C12H17N5O. The number of aromatic nitrogens is 2. The third kappa shape index (κ3) is 3.57. The van der Waals surface area contributed by atoms with Crippen LogP contribution in [0.3, 0.4) is 0 Å². The van der Waals surface area contributed by atoms with E-state index in [0.717, 1.165) is 38.4 Å². The Balaban J connectivity index is 1.93. The summed E-state index contributed by atoms with van der Waals surface area (Å²) in [5, 5.41) is 14.4. The number of rotatable bonds is 4. The molecule has 2 N–H and O–H groups in total. The zero-order valence-corrected chi connectivity index (χ0v) is 10.4. The van der Waals surface area contributed by atoms with Gasteiger partial charge in [-0.1, -0.05) is 0 Å². The summed E-state index contributed by atoms with van der Waals surface area (Å²) in [7, 11) is 0. The molecule has 0 unspecified atom stereocenters. The monoisotopic (exact) mass is 247 g/mol. The Bertz CT molecular complexity index is 437. The summed E-state index contributed by atoms with van der Waals surface area (Å²) in [5.41, 5.74) is 0. The Kier molecular flexibility index (Phi) is 4.31. The fourth-order valence-electron chi connectivity index (χ4n) is 1.98. The van der Waals surface area contributed by atoms with E-state index in [1.807, 2.05) is 13.1 Å². The van der Waals surface area contributed by atoms with Gasteiger partial charge in [-0.05, 0) is 25.7 Å². The van der Waals surface area contributed by atoms with Crippen molar-refractivity contribution in [3.63, 3.8) is 0 Å². The number of hydrogen-bond donors (Lipinski definition) is 2. The van der Waals surface area contributed by atoms with Crippen LogP contribution in [0.2, 0.25) is 0 Å². The highest BCUT2D eigenvalue weighted by molar-refractivity contribution is 5.49. The molecule has 0 spiro atoms. The average Bonchev–Trinajstić information content (AvgIpc) is 2.37. The first kappa shape index (κ1) is 12.6. The number of hydrogen-bond acceptors (Lipinski definition) is 6. The minimum absolute atomic E-state index is 0.527. The molecule has 18 heavy (non-hydrogen) atoms. The van der Waals surface area contributed by atoms with Crippen LogP contribution in [0.1, 0.15) is 18.7 Å². The zero-order valence-electron chi connectivity index (χ0n) is 10.4. The lowest BCUT2D eigenvalue weighted by molar-refractivity contribution is 0.0699. The molecule has 1 fully saturated rings. The highest BCUT2D eigenvalue weighted by Crippen LogP contribution is 2.16. The van der Waals surface area contributed by atoms with E-state index in [-0.39, 0.29) is 0 Å². The van der Waals surface area contributed by atoms with Crippen molar-refractivity contribution in [1.82, 2.24) is 9.97 Å². The van der Waals surface area contributed by atoms with Crippen LogP contribution in [-0.2, 0) is 4.74 Å². The van der Waals surface area contributed by atoms with Crippen molar-refractivity contribution in [2.45, 2.75) is 19.8 Å². The van der Waals surface area contributed by atoms with Gasteiger partial charge >= 0.3 is 0 Å². The van der Waals surface area contributed by atoms with Gasteiger partial charge in [0.05, 0.1) is 0 Å². The molecule has 2 heterocycles. The van der Waals surface area contributed by atoms with E-state index >= 15 is 0 Å². The lowest BCUT2D eigenvalue weighted by Crippen LogP contribution is -2.23. The second-order valence-electron chi connectivity index (χ2n) is 4.36. The molecule has 0 radical (unpaired) electrons. The van der Waals surface area contributed by atoms with Gasteiger partial charge in [0.15, 0.2) is 6.19 Å². The average molecular weight is 247 g/mol. The number of ether oxygens (including phenoxy) is 1. The van der Waals surface area contributed by atoms with Crippen molar-refractivity contribution in [3.8, 4) is 6.19 Å². The van der Waals surface area contributed by atoms with Crippen LogP contribution in [0.5, 0.6) is 0 Å². The summed E-state index contributed by atoms with van der Waals surface area (Å²) >= 11 is 0. The molecule has 0 saturated carbocycles. The number of nitrogens with one attached hydrogen (secondary N) is 2. The van der Waals surface area contributed by atoms with Crippen LogP contribution >= 0.6 is 0 Å². The Hall–Kier alpha value is -1.87. The van der Waals surface area contributed by atoms with Crippen molar-refractivity contribution >= 4 is 11.6 Å². The molecule has 6 nitrogen and oxygen atoms in total. The van der Waals surface area contributed by atoms with Crippen molar-refractivity contribution in [1.29, 1.82) is 5.26 Å². The molecular weight excluding hydrogens is 230 g/mol. The Labute approximate surface area is 106 Å². The molecule has 0 bridgehead atoms. The number of nitriles is 1. The first-order valence-corrected chi connectivity index (χ1v) is 6.10. The Morgan fingerprint density at radius 3 is 2.83 bits per heavy atom. The minimum Gasteiger partial charge on any atom is -0.381 e. The normalized spacial score (nSPS) is 16.0. The summed E-state index contributed by atoms with van der Waals surface area (Å²) in [4.78, 5) is 8.41. The van der Waals surface area contributed by atoms with Crippen LogP contribution < -0.4 is 10.6 Å². The van der Waals surface area contributed by atoms with Gasteiger partial charge in [-0.2, -0.15) is 5.26 Å². The first-order valence-electron chi connectivity index (χ1n) is 6.10. The lowest BCUT2D eigenvalue weighted by atomic mass is 10.0. The highest BCUT2D eigenvalue weighted by atomic mass is 16.5. The van der Waals surface area contributed by atoms with Gasteiger partial charge in [-0.15, -0.1) is 0 Å². The van der Waals surface area contributed by atoms with Crippen molar-refractivity contribution in [3.05, 3.63) is 11.9 Å². The van der Waals surface area contributed by atoms with E-state index in [0.29, 0.717) is 17.6 Å². The predicted molar refractivity (Wildman–Crippen MR) is 68.0 cm³/mol. The Morgan fingerprint density at radius 2 is 2.11 bits per heavy atom. The fraction of sp³-hybridized carbons (Fsp3) is 0.583. The fourth-order valence-corrected chi connectivity index (χ4v) is 1.98. The molecule has 1 aliphatic rings.